The van der Waals surface area contributed by atoms with E-state index in [2.05, 4.69) is 21.0 Å². The second-order valence-electron chi connectivity index (χ2n) is 4.58. The number of carboxylic acids is 1. The number of benzene rings is 2. The number of nitrogens with zero attached hydrogens (tertiary/aromatic N) is 2. The molecule has 0 aliphatic carbocycles. The van der Waals surface area contributed by atoms with Crippen molar-refractivity contribution in [3.8, 4) is 0 Å². The molecule has 0 unspecified atom stereocenters. The van der Waals surface area contributed by atoms with Crippen LogP contribution in [-0.4, -0.2) is 20.9 Å². The zero-order valence-electron chi connectivity index (χ0n) is 10.8. The molecule has 0 saturated heterocycles. The number of carbonyl (C=O) groups is 1. The van der Waals surface area contributed by atoms with Crippen molar-refractivity contribution in [3.63, 3.8) is 0 Å². The first-order valence-corrected chi connectivity index (χ1v) is 6.97. The van der Waals surface area contributed by atoms with E-state index in [1.165, 1.54) is 18.3 Å². The standard InChI is InChI=1S/C15H10BrFN2O2/c16-13-6-10(17)5-4-9(13)8-19-14-3-1-2-11(15(20)21)12(14)7-18-19/h1-7H,8H2,(H,20,21). The van der Waals surface area contributed by atoms with Crippen LogP contribution in [-0.2, 0) is 6.54 Å². The summed E-state index contributed by atoms with van der Waals surface area (Å²) >= 11 is 3.32. The van der Waals surface area contributed by atoms with E-state index in [-0.39, 0.29) is 11.4 Å². The minimum atomic E-state index is -0.983. The summed E-state index contributed by atoms with van der Waals surface area (Å²) < 4.78 is 15.5. The van der Waals surface area contributed by atoms with Crippen molar-refractivity contribution in [3.05, 3.63) is 64.0 Å². The number of hydrogen-bond donors (Lipinski definition) is 1. The van der Waals surface area contributed by atoms with Gasteiger partial charge in [-0.2, -0.15) is 5.10 Å². The Morgan fingerprint density at radius 2 is 2.14 bits per heavy atom. The normalized spacial score (nSPS) is 11.0. The van der Waals surface area contributed by atoms with Gasteiger partial charge in [-0.3, -0.25) is 4.68 Å². The SMILES string of the molecule is O=C(O)c1cccc2c1cnn2Cc1ccc(F)cc1Br. The van der Waals surface area contributed by atoms with Crippen LogP contribution < -0.4 is 0 Å². The molecular formula is C15H10BrFN2O2. The van der Waals surface area contributed by atoms with Gasteiger partial charge in [0.25, 0.3) is 0 Å². The molecule has 0 radical (unpaired) electrons. The van der Waals surface area contributed by atoms with E-state index in [1.807, 2.05) is 6.07 Å². The Bertz CT molecular complexity index is 845. The van der Waals surface area contributed by atoms with Gasteiger partial charge in [0.2, 0.25) is 0 Å². The van der Waals surface area contributed by atoms with Gasteiger partial charge in [0.1, 0.15) is 5.82 Å². The Hall–Kier alpha value is -2.21. The Morgan fingerprint density at radius 1 is 1.33 bits per heavy atom. The fourth-order valence-corrected chi connectivity index (χ4v) is 2.70. The number of rotatable bonds is 3. The molecule has 0 bridgehead atoms. The third-order valence-electron chi connectivity index (χ3n) is 3.25. The molecule has 4 nitrogen and oxygen atoms in total. The molecule has 3 aromatic rings. The van der Waals surface area contributed by atoms with Crippen molar-refractivity contribution in [2.45, 2.75) is 6.54 Å². The van der Waals surface area contributed by atoms with Crippen molar-refractivity contribution in [1.82, 2.24) is 9.78 Å². The molecule has 0 spiro atoms. The average molecular weight is 349 g/mol. The highest BCUT2D eigenvalue weighted by molar-refractivity contribution is 9.10. The Morgan fingerprint density at radius 3 is 2.86 bits per heavy atom. The van der Waals surface area contributed by atoms with Gasteiger partial charge in [-0.05, 0) is 29.8 Å². The zero-order chi connectivity index (χ0) is 15.0. The van der Waals surface area contributed by atoms with Gasteiger partial charge >= 0.3 is 5.97 Å². The summed E-state index contributed by atoms with van der Waals surface area (Å²) in [6.45, 7) is 0.424. The largest absolute Gasteiger partial charge is 0.478 e. The number of fused-ring (bicyclic) bond motifs is 1. The number of carboxylic acid groups (broad SMARTS) is 1. The van der Waals surface area contributed by atoms with E-state index in [9.17, 15) is 14.3 Å². The Kier molecular flexibility index (Phi) is 3.47. The predicted octanol–water partition coefficient (Wildman–Crippen LogP) is 3.68. The van der Waals surface area contributed by atoms with Crippen LogP contribution in [0.5, 0.6) is 0 Å². The summed E-state index contributed by atoms with van der Waals surface area (Å²) in [7, 11) is 0. The lowest BCUT2D eigenvalue weighted by atomic mass is 10.1. The second-order valence-corrected chi connectivity index (χ2v) is 5.44. The number of aromatic carboxylic acids is 1. The summed E-state index contributed by atoms with van der Waals surface area (Å²) in [4.78, 5) is 11.2. The van der Waals surface area contributed by atoms with E-state index in [0.29, 0.717) is 16.4 Å². The third-order valence-corrected chi connectivity index (χ3v) is 3.99. The van der Waals surface area contributed by atoms with Crippen LogP contribution in [0.1, 0.15) is 15.9 Å². The molecular weight excluding hydrogens is 339 g/mol. The lowest BCUT2D eigenvalue weighted by Crippen LogP contribution is -2.03. The van der Waals surface area contributed by atoms with Gasteiger partial charge in [0, 0.05) is 9.86 Å². The molecule has 1 aromatic heterocycles. The number of halogens is 2. The van der Waals surface area contributed by atoms with Gasteiger partial charge in [0.15, 0.2) is 0 Å². The maximum Gasteiger partial charge on any atom is 0.336 e. The Labute approximate surface area is 127 Å². The average Bonchev–Trinajstić information content (AvgIpc) is 2.85. The maximum absolute atomic E-state index is 13.1. The molecule has 3 rings (SSSR count). The van der Waals surface area contributed by atoms with Gasteiger partial charge in [-0.15, -0.1) is 0 Å². The second kappa shape index (κ2) is 5.29. The van der Waals surface area contributed by atoms with E-state index in [4.69, 9.17) is 0 Å². The van der Waals surface area contributed by atoms with Crippen LogP contribution in [0.2, 0.25) is 0 Å². The predicted molar refractivity (Wildman–Crippen MR) is 79.9 cm³/mol. The van der Waals surface area contributed by atoms with Crippen molar-refractivity contribution < 1.29 is 14.3 Å². The summed E-state index contributed by atoms with van der Waals surface area (Å²) in [5, 5.41) is 14.0. The summed E-state index contributed by atoms with van der Waals surface area (Å²) in [6.07, 6.45) is 1.54. The quantitative estimate of drug-likeness (QED) is 0.785. The van der Waals surface area contributed by atoms with Crippen molar-refractivity contribution in [1.29, 1.82) is 0 Å². The van der Waals surface area contributed by atoms with E-state index in [1.54, 1.807) is 22.9 Å². The molecule has 0 saturated carbocycles. The lowest BCUT2D eigenvalue weighted by Gasteiger charge is -2.07. The highest BCUT2D eigenvalue weighted by Gasteiger charge is 2.12. The third kappa shape index (κ3) is 2.54. The van der Waals surface area contributed by atoms with E-state index >= 15 is 0 Å². The topological polar surface area (TPSA) is 55.1 Å². The van der Waals surface area contributed by atoms with Crippen LogP contribution in [0, 0.1) is 5.82 Å². The molecule has 1 heterocycles. The van der Waals surface area contributed by atoms with Crippen molar-refractivity contribution in [2.75, 3.05) is 0 Å². The van der Waals surface area contributed by atoms with Gasteiger partial charge < -0.3 is 5.11 Å². The highest BCUT2D eigenvalue weighted by atomic mass is 79.9. The minimum absolute atomic E-state index is 0.219. The van der Waals surface area contributed by atoms with Crippen LogP contribution >= 0.6 is 15.9 Å². The zero-order valence-corrected chi connectivity index (χ0v) is 12.3. The highest BCUT2D eigenvalue weighted by Crippen LogP contribution is 2.23. The van der Waals surface area contributed by atoms with Gasteiger partial charge in [0.05, 0.1) is 23.8 Å². The smallest absolute Gasteiger partial charge is 0.336 e. The van der Waals surface area contributed by atoms with Crippen LogP contribution in [0.15, 0.2) is 47.1 Å². The first-order valence-electron chi connectivity index (χ1n) is 6.18. The fraction of sp³-hybridized carbons (Fsp3) is 0.0667. The fourth-order valence-electron chi connectivity index (χ4n) is 2.23. The van der Waals surface area contributed by atoms with Crippen molar-refractivity contribution in [2.24, 2.45) is 0 Å². The molecule has 0 amide bonds. The van der Waals surface area contributed by atoms with Crippen molar-refractivity contribution >= 4 is 32.8 Å². The molecule has 0 atom stereocenters. The molecule has 6 heteroatoms. The summed E-state index contributed by atoms with van der Waals surface area (Å²) in [5.74, 6) is -1.30. The van der Waals surface area contributed by atoms with Crippen LogP contribution in [0.4, 0.5) is 4.39 Å². The molecule has 1 N–H and O–H groups in total. The first-order chi connectivity index (χ1) is 10.1. The van der Waals surface area contributed by atoms with Crippen LogP contribution in [0.3, 0.4) is 0 Å². The van der Waals surface area contributed by atoms with E-state index < -0.39 is 5.97 Å². The molecule has 0 fully saturated rings. The summed E-state index contributed by atoms with van der Waals surface area (Å²) in [6, 6.07) is 9.49. The molecule has 0 aliphatic rings. The van der Waals surface area contributed by atoms with E-state index in [0.717, 1.165) is 11.1 Å². The summed E-state index contributed by atoms with van der Waals surface area (Å²) in [5.41, 5.74) is 1.81. The molecule has 0 aliphatic heterocycles. The maximum atomic E-state index is 13.1. The minimum Gasteiger partial charge on any atom is -0.478 e. The van der Waals surface area contributed by atoms with Gasteiger partial charge in [-0.25, -0.2) is 9.18 Å². The number of hydrogen-bond acceptors (Lipinski definition) is 2. The lowest BCUT2D eigenvalue weighted by molar-refractivity contribution is 0.0699. The monoisotopic (exact) mass is 348 g/mol. The first kappa shape index (κ1) is 13.8. The Balaban J connectivity index is 2.06. The molecule has 21 heavy (non-hydrogen) atoms. The molecule has 2 aromatic carbocycles. The molecule has 106 valence electrons. The van der Waals surface area contributed by atoms with Gasteiger partial charge in [-0.1, -0.05) is 28.1 Å². The van der Waals surface area contributed by atoms with Crippen LogP contribution in [0.25, 0.3) is 10.9 Å². The number of aromatic nitrogens is 2.